The van der Waals surface area contributed by atoms with Crippen LogP contribution in [0.15, 0.2) is 36.4 Å². The Labute approximate surface area is 237 Å². The lowest BCUT2D eigenvalue weighted by molar-refractivity contribution is 0.0494. The molecule has 0 amide bonds. The molecule has 0 aromatic heterocycles. The Balaban J connectivity index is -0.00000105. The number of para-hydroxylation sites is 1. The molecule has 1 rings (SSSR count). The van der Waals surface area contributed by atoms with Gasteiger partial charge in [0, 0.05) is 6.61 Å². The van der Waals surface area contributed by atoms with Gasteiger partial charge in [0.1, 0.15) is 11.3 Å². The highest BCUT2D eigenvalue weighted by Crippen LogP contribution is 2.17. The molecule has 224 valence electrons. The van der Waals surface area contributed by atoms with Crippen molar-refractivity contribution in [2.45, 2.75) is 151 Å². The largest absolute Gasteiger partial charge is 0.507 e. The van der Waals surface area contributed by atoms with Crippen molar-refractivity contribution in [3.63, 3.8) is 0 Å². The fraction of sp³-hybridized carbons (Fsp3) is 0.735. The molecule has 0 bridgehead atoms. The molecule has 1 aromatic rings. The highest BCUT2D eigenvalue weighted by Gasteiger charge is 2.10. The van der Waals surface area contributed by atoms with E-state index in [1.807, 2.05) is 13.8 Å². The van der Waals surface area contributed by atoms with E-state index < -0.39 is 5.97 Å². The number of allylic oxidation sites excluding steroid dienone is 2. The molecular weight excluding hydrogens is 472 g/mol. The van der Waals surface area contributed by atoms with Crippen molar-refractivity contribution in [3.8, 4) is 5.75 Å². The standard InChI is InChI=1S/C25H40O3.C4H10O.C3H8.C2H6/c1-2-3-4-5-6-7-8-9-10-11-12-13-14-15-16-19-22-28-25(27)23-20-17-18-21-24(23)26;1-2-3-4-5;1-3-2;1-2/h9-10,17-18,20-21,26H,2-8,11-16,19,22H2,1H3;5H,2-4H2,1H3;3H2,1-2H3;1-2H3/b10-9-;;;. The minimum absolute atomic E-state index is 0.0199. The summed E-state index contributed by atoms with van der Waals surface area (Å²) in [6.45, 7) is 13.3. The summed E-state index contributed by atoms with van der Waals surface area (Å²) in [5.41, 5.74) is 0.243. The smallest absolute Gasteiger partial charge is 0.341 e. The van der Waals surface area contributed by atoms with Crippen LogP contribution in [0.25, 0.3) is 0 Å². The van der Waals surface area contributed by atoms with Crippen LogP contribution in [0.2, 0.25) is 0 Å². The number of aliphatic hydroxyl groups is 1. The third kappa shape index (κ3) is 32.2. The van der Waals surface area contributed by atoms with Gasteiger partial charge < -0.3 is 14.9 Å². The first-order valence-corrected chi connectivity index (χ1v) is 15.8. The van der Waals surface area contributed by atoms with Crippen LogP contribution >= 0.6 is 0 Å². The molecule has 4 heteroatoms. The van der Waals surface area contributed by atoms with Crippen molar-refractivity contribution in [1.82, 2.24) is 0 Å². The molecule has 0 unspecified atom stereocenters. The van der Waals surface area contributed by atoms with Gasteiger partial charge in [-0.25, -0.2) is 4.79 Å². The molecule has 0 spiro atoms. The lowest BCUT2D eigenvalue weighted by atomic mass is 10.1. The summed E-state index contributed by atoms with van der Waals surface area (Å²) in [6, 6.07) is 6.50. The van der Waals surface area contributed by atoms with Gasteiger partial charge in [-0.3, -0.25) is 0 Å². The molecule has 38 heavy (non-hydrogen) atoms. The number of carbonyl (C=O) groups is 1. The van der Waals surface area contributed by atoms with E-state index in [0.29, 0.717) is 13.2 Å². The topological polar surface area (TPSA) is 66.8 Å². The maximum Gasteiger partial charge on any atom is 0.341 e. The quantitative estimate of drug-likeness (QED) is 0.105. The molecule has 0 saturated heterocycles. The number of aliphatic hydroxyl groups excluding tert-OH is 1. The van der Waals surface area contributed by atoms with Crippen molar-refractivity contribution < 1.29 is 19.7 Å². The third-order valence-corrected chi connectivity index (χ3v) is 5.52. The van der Waals surface area contributed by atoms with Gasteiger partial charge in [-0.05, 0) is 50.7 Å². The zero-order chi connectivity index (χ0) is 29.1. The van der Waals surface area contributed by atoms with E-state index in [-0.39, 0.29) is 11.3 Å². The SMILES string of the molecule is CC.CCC.CCCCCCCC/C=C\CCCCCCCCOC(=O)c1ccccc1O.CCCCO. The number of phenols is 1. The van der Waals surface area contributed by atoms with E-state index in [9.17, 15) is 9.90 Å². The van der Waals surface area contributed by atoms with E-state index in [4.69, 9.17) is 9.84 Å². The average molecular weight is 537 g/mol. The Bertz CT molecular complexity index is 596. The van der Waals surface area contributed by atoms with Crippen LogP contribution in [-0.4, -0.2) is 29.4 Å². The zero-order valence-corrected chi connectivity index (χ0v) is 26.1. The predicted octanol–water partition coefficient (Wildman–Crippen LogP) is 10.8. The Hall–Kier alpha value is -1.81. The second kappa shape index (κ2) is 37.3. The van der Waals surface area contributed by atoms with Crippen LogP contribution in [0.5, 0.6) is 5.75 Å². The summed E-state index contributed by atoms with van der Waals surface area (Å²) in [5.74, 6) is -0.459. The minimum atomic E-state index is -0.439. The van der Waals surface area contributed by atoms with Gasteiger partial charge in [0.2, 0.25) is 0 Å². The number of carbonyl (C=O) groups excluding carboxylic acids is 1. The molecule has 0 heterocycles. The monoisotopic (exact) mass is 536 g/mol. The van der Waals surface area contributed by atoms with Gasteiger partial charge in [0.25, 0.3) is 0 Å². The van der Waals surface area contributed by atoms with Gasteiger partial charge in [-0.1, -0.05) is 136 Å². The summed E-state index contributed by atoms with van der Waals surface area (Å²) in [6.07, 6.45) is 25.6. The Kier molecular flexibility index (Phi) is 40.0. The summed E-state index contributed by atoms with van der Waals surface area (Å²) >= 11 is 0. The van der Waals surface area contributed by atoms with Crippen molar-refractivity contribution in [2.75, 3.05) is 13.2 Å². The van der Waals surface area contributed by atoms with Crippen molar-refractivity contribution in [3.05, 3.63) is 42.0 Å². The van der Waals surface area contributed by atoms with Crippen molar-refractivity contribution in [1.29, 1.82) is 0 Å². The van der Waals surface area contributed by atoms with E-state index in [2.05, 4.69) is 39.8 Å². The first-order valence-electron chi connectivity index (χ1n) is 15.8. The van der Waals surface area contributed by atoms with Crippen LogP contribution in [0.4, 0.5) is 0 Å². The molecule has 0 saturated carbocycles. The van der Waals surface area contributed by atoms with E-state index in [1.165, 1.54) is 89.5 Å². The number of hydrogen-bond donors (Lipinski definition) is 2. The van der Waals surface area contributed by atoms with Gasteiger partial charge in [-0.2, -0.15) is 0 Å². The number of aromatic hydroxyl groups is 1. The van der Waals surface area contributed by atoms with Crippen LogP contribution in [0.1, 0.15) is 161 Å². The van der Waals surface area contributed by atoms with E-state index >= 15 is 0 Å². The van der Waals surface area contributed by atoms with Crippen LogP contribution in [-0.2, 0) is 4.74 Å². The van der Waals surface area contributed by atoms with Gasteiger partial charge in [-0.15, -0.1) is 0 Å². The predicted molar refractivity (Wildman–Crippen MR) is 167 cm³/mol. The van der Waals surface area contributed by atoms with E-state index in [0.717, 1.165) is 25.7 Å². The lowest BCUT2D eigenvalue weighted by Crippen LogP contribution is -2.06. The number of hydrogen-bond acceptors (Lipinski definition) is 4. The van der Waals surface area contributed by atoms with Crippen molar-refractivity contribution >= 4 is 5.97 Å². The number of ether oxygens (including phenoxy) is 1. The molecule has 1 aromatic carbocycles. The molecule has 2 N–H and O–H groups in total. The summed E-state index contributed by atoms with van der Waals surface area (Å²) in [7, 11) is 0. The Morgan fingerprint density at radius 2 is 1.16 bits per heavy atom. The average Bonchev–Trinajstić information content (AvgIpc) is 2.93. The maximum atomic E-state index is 11.8. The molecular formula is C34H64O4. The molecule has 0 aliphatic carbocycles. The van der Waals surface area contributed by atoms with Gasteiger partial charge in [0.15, 0.2) is 0 Å². The number of rotatable bonds is 19. The van der Waals surface area contributed by atoms with Gasteiger partial charge in [0.05, 0.1) is 6.61 Å². The first-order chi connectivity index (χ1) is 18.6. The lowest BCUT2D eigenvalue weighted by Gasteiger charge is -2.06. The third-order valence-electron chi connectivity index (χ3n) is 5.52. The molecule has 0 fully saturated rings. The normalized spacial score (nSPS) is 9.97. The molecule has 4 nitrogen and oxygen atoms in total. The Morgan fingerprint density at radius 3 is 1.61 bits per heavy atom. The van der Waals surface area contributed by atoms with Crippen molar-refractivity contribution in [2.24, 2.45) is 0 Å². The fourth-order valence-corrected chi connectivity index (χ4v) is 3.40. The number of unbranched alkanes of at least 4 members (excludes halogenated alkanes) is 13. The molecule has 0 atom stereocenters. The fourth-order valence-electron chi connectivity index (χ4n) is 3.40. The van der Waals surface area contributed by atoms with Crippen LogP contribution in [0.3, 0.4) is 0 Å². The molecule has 0 aliphatic rings. The zero-order valence-electron chi connectivity index (χ0n) is 26.1. The number of benzene rings is 1. The number of phenolic OH excluding ortho intramolecular Hbond substituents is 1. The summed E-state index contributed by atoms with van der Waals surface area (Å²) in [4.78, 5) is 11.8. The highest BCUT2D eigenvalue weighted by molar-refractivity contribution is 5.92. The van der Waals surface area contributed by atoms with Crippen LogP contribution in [0, 0.1) is 0 Å². The second-order valence-corrected chi connectivity index (χ2v) is 9.38. The van der Waals surface area contributed by atoms with Crippen LogP contribution < -0.4 is 0 Å². The first kappa shape index (κ1) is 40.7. The highest BCUT2D eigenvalue weighted by atomic mass is 16.5. The second-order valence-electron chi connectivity index (χ2n) is 9.38. The number of esters is 1. The minimum Gasteiger partial charge on any atom is -0.507 e. The maximum absolute atomic E-state index is 11.8. The Morgan fingerprint density at radius 1 is 0.711 bits per heavy atom. The molecule has 0 radical (unpaired) electrons. The summed E-state index contributed by atoms with van der Waals surface area (Å²) in [5, 5.41) is 17.7. The molecule has 0 aliphatic heterocycles. The summed E-state index contributed by atoms with van der Waals surface area (Å²) < 4.78 is 5.22. The van der Waals surface area contributed by atoms with E-state index in [1.54, 1.807) is 18.2 Å². The van der Waals surface area contributed by atoms with Gasteiger partial charge >= 0.3 is 5.97 Å².